The SMILES string of the molecule is COc1ccc(Cn2ncc3c4nc(Nc5nccc(C)n5)sc4cc(C)c32)cc1.Cc1ccnc(Nc2nc3c(cc(C)c4[nH]ncc43)s2)n1. The number of H-pyrrole nitrogens is 1. The number of thiazole rings is 2. The number of ether oxygens (including phenoxy) is 1. The van der Waals surface area contributed by atoms with Crippen molar-refractivity contribution in [2.75, 3.05) is 17.7 Å². The third-order valence-corrected chi connectivity index (χ3v) is 10.1. The largest absolute Gasteiger partial charge is 0.497 e. The highest BCUT2D eigenvalue weighted by Crippen LogP contribution is 2.36. The van der Waals surface area contributed by atoms with Gasteiger partial charge in [-0.2, -0.15) is 10.2 Å². The molecule has 6 aromatic heterocycles. The molecule has 6 heterocycles. The molecule has 0 aliphatic heterocycles. The van der Waals surface area contributed by atoms with Crippen LogP contribution in [0.4, 0.5) is 22.2 Å². The summed E-state index contributed by atoms with van der Waals surface area (Å²) in [5.41, 5.74) is 9.35. The van der Waals surface area contributed by atoms with Crippen molar-refractivity contribution in [3.05, 3.63) is 101 Å². The Morgan fingerprint density at radius 1 is 0.725 bits per heavy atom. The van der Waals surface area contributed by atoms with Crippen LogP contribution in [0, 0.1) is 27.7 Å². The van der Waals surface area contributed by atoms with Gasteiger partial charge in [-0.1, -0.05) is 34.8 Å². The van der Waals surface area contributed by atoms with Gasteiger partial charge in [0.15, 0.2) is 10.3 Å². The first-order valence-corrected chi connectivity index (χ1v) is 17.7. The van der Waals surface area contributed by atoms with Crippen LogP contribution in [-0.4, -0.2) is 57.0 Å². The predicted octanol–water partition coefficient (Wildman–Crippen LogP) is 8.18. The zero-order chi connectivity index (χ0) is 35.1. The lowest BCUT2D eigenvalue weighted by atomic mass is 10.1. The molecular formula is C36H32N12OS2. The highest BCUT2D eigenvalue weighted by atomic mass is 32.1. The van der Waals surface area contributed by atoms with Crippen molar-refractivity contribution < 1.29 is 4.74 Å². The third-order valence-electron chi connectivity index (χ3n) is 8.28. The lowest BCUT2D eigenvalue weighted by Crippen LogP contribution is -2.02. The number of anilines is 4. The second-order valence-corrected chi connectivity index (χ2v) is 14.0. The average molecular weight is 713 g/mol. The summed E-state index contributed by atoms with van der Waals surface area (Å²) in [6, 6.07) is 16.1. The lowest BCUT2D eigenvalue weighted by Gasteiger charge is -2.07. The minimum Gasteiger partial charge on any atom is -0.497 e. The van der Waals surface area contributed by atoms with Crippen LogP contribution in [0.15, 0.2) is 73.3 Å². The molecule has 0 aliphatic carbocycles. The maximum atomic E-state index is 5.25. The van der Waals surface area contributed by atoms with Crippen LogP contribution in [0.3, 0.4) is 0 Å². The highest BCUT2D eigenvalue weighted by molar-refractivity contribution is 7.22. The van der Waals surface area contributed by atoms with Crippen LogP contribution >= 0.6 is 22.7 Å². The van der Waals surface area contributed by atoms with E-state index in [0.717, 1.165) is 80.8 Å². The molecule has 3 aromatic carbocycles. The fourth-order valence-corrected chi connectivity index (χ4v) is 7.81. The van der Waals surface area contributed by atoms with Crippen molar-refractivity contribution in [3.63, 3.8) is 0 Å². The van der Waals surface area contributed by atoms with Crippen LogP contribution < -0.4 is 15.4 Å². The zero-order valence-electron chi connectivity index (χ0n) is 28.4. The molecule has 13 nitrogen and oxygen atoms in total. The molecule has 0 fully saturated rings. The van der Waals surface area contributed by atoms with Crippen LogP contribution in [0.2, 0.25) is 0 Å². The molecule has 0 saturated carbocycles. The fraction of sp³-hybridized carbons (Fsp3) is 0.167. The number of nitrogens with zero attached hydrogens (tertiary/aromatic N) is 9. The Hall–Kier alpha value is -6.06. The molecule has 254 valence electrons. The summed E-state index contributed by atoms with van der Waals surface area (Å²) in [4.78, 5) is 26.7. The summed E-state index contributed by atoms with van der Waals surface area (Å²) < 4.78 is 9.51. The zero-order valence-corrected chi connectivity index (χ0v) is 30.0. The standard InChI is InChI=1S/C22H20N6OS.C14H12N6S/c1-13-10-18-19(26-22(30-18)27-21-23-9-8-14(2)25-21)17-11-24-28(20(13)17)12-15-4-6-16(29-3)7-5-15;1-7-5-10-12(9-6-16-20-11(7)9)18-14(21-10)19-13-15-4-3-8(2)17-13/h4-11H,12H2,1-3H3,(H,23,25,26,27);3-6H,1-2H3,(H,16,20)(H,15,17,18,19). The summed E-state index contributed by atoms with van der Waals surface area (Å²) >= 11 is 3.18. The van der Waals surface area contributed by atoms with E-state index >= 15 is 0 Å². The number of nitrogens with one attached hydrogen (secondary N) is 3. The Kier molecular flexibility index (Phi) is 8.41. The normalized spacial score (nSPS) is 11.3. The van der Waals surface area contributed by atoms with E-state index in [1.54, 1.807) is 42.2 Å². The molecule has 0 radical (unpaired) electrons. The number of aromatic amines is 1. The van der Waals surface area contributed by atoms with Crippen molar-refractivity contribution in [2.45, 2.75) is 34.2 Å². The summed E-state index contributed by atoms with van der Waals surface area (Å²) in [5.74, 6) is 1.97. The van der Waals surface area contributed by atoms with Crippen molar-refractivity contribution in [3.8, 4) is 5.75 Å². The maximum absolute atomic E-state index is 5.25. The van der Waals surface area contributed by atoms with E-state index in [2.05, 4.69) is 89.0 Å². The number of benzene rings is 3. The van der Waals surface area contributed by atoms with E-state index in [1.165, 1.54) is 5.56 Å². The monoisotopic (exact) mass is 712 g/mol. The Morgan fingerprint density at radius 3 is 1.94 bits per heavy atom. The second kappa shape index (κ2) is 13.3. The van der Waals surface area contributed by atoms with Crippen molar-refractivity contribution in [2.24, 2.45) is 0 Å². The van der Waals surface area contributed by atoms with Gasteiger partial charge in [-0.25, -0.2) is 29.9 Å². The van der Waals surface area contributed by atoms with Gasteiger partial charge in [0.2, 0.25) is 11.9 Å². The average Bonchev–Trinajstić information content (AvgIpc) is 3.92. The van der Waals surface area contributed by atoms with Gasteiger partial charge in [0, 0.05) is 34.6 Å². The number of aromatic nitrogens is 10. The first-order chi connectivity index (χ1) is 24.8. The van der Waals surface area contributed by atoms with E-state index in [9.17, 15) is 0 Å². The molecule has 9 aromatic rings. The van der Waals surface area contributed by atoms with E-state index in [1.807, 2.05) is 55.2 Å². The Bertz CT molecular complexity index is 2680. The Morgan fingerprint density at radius 2 is 1.33 bits per heavy atom. The van der Waals surface area contributed by atoms with Gasteiger partial charge < -0.3 is 15.4 Å². The molecule has 0 atom stereocenters. The molecule has 3 N–H and O–H groups in total. The van der Waals surface area contributed by atoms with E-state index in [-0.39, 0.29) is 0 Å². The predicted molar refractivity (Wildman–Crippen MR) is 204 cm³/mol. The number of hydrogen-bond donors (Lipinski definition) is 3. The van der Waals surface area contributed by atoms with Gasteiger partial charge in [-0.15, -0.1) is 0 Å². The van der Waals surface area contributed by atoms with E-state index in [4.69, 9.17) is 9.72 Å². The van der Waals surface area contributed by atoms with E-state index < -0.39 is 0 Å². The molecule has 15 heteroatoms. The Labute approximate surface area is 299 Å². The lowest BCUT2D eigenvalue weighted by molar-refractivity contribution is 0.414. The summed E-state index contributed by atoms with van der Waals surface area (Å²) in [6.07, 6.45) is 7.19. The Balaban J connectivity index is 0.000000156. The van der Waals surface area contributed by atoms with Gasteiger partial charge in [0.25, 0.3) is 0 Å². The third kappa shape index (κ3) is 6.51. The van der Waals surface area contributed by atoms with Gasteiger partial charge in [0.1, 0.15) is 5.75 Å². The van der Waals surface area contributed by atoms with Crippen molar-refractivity contribution in [1.29, 1.82) is 0 Å². The minimum absolute atomic E-state index is 0.553. The topological polar surface area (TPSA) is 157 Å². The molecule has 0 aliphatic rings. The molecule has 51 heavy (non-hydrogen) atoms. The molecule has 0 bridgehead atoms. The first-order valence-electron chi connectivity index (χ1n) is 16.1. The fourth-order valence-electron chi connectivity index (χ4n) is 5.86. The first kappa shape index (κ1) is 32.2. The van der Waals surface area contributed by atoms with E-state index in [0.29, 0.717) is 18.4 Å². The van der Waals surface area contributed by atoms with Gasteiger partial charge in [-0.05, 0) is 80.8 Å². The number of methoxy groups -OCH3 is 1. The number of aryl methyl sites for hydroxylation is 4. The number of fused-ring (bicyclic) bond motifs is 6. The van der Waals surface area contributed by atoms with Crippen LogP contribution in [0.5, 0.6) is 5.75 Å². The summed E-state index contributed by atoms with van der Waals surface area (Å²) in [5, 5.41) is 21.8. The van der Waals surface area contributed by atoms with Gasteiger partial charge in [-0.3, -0.25) is 9.78 Å². The summed E-state index contributed by atoms with van der Waals surface area (Å²) in [6.45, 7) is 8.74. The summed E-state index contributed by atoms with van der Waals surface area (Å²) in [7, 11) is 1.67. The molecular weight excluding hydrogens is 681 g/mol. The van der Waals surface area contributed by atoms with Gasteiger partial charge >= 0.3 is 0 Å². The van der Waals surface area contributed by atoms with Crippen molar-refractivity contribution >= 4 is 87.1 Å². The van der Waals surface area contributed by atoms with Gasteiger partial charge in [0.05, 0.1) is 57.5 Å². The smallest absolute Gasteiger partial charge is 0.229 e. The van der Waals surface area contributed by atoms with Crippen molar-refractivity contribution in [1.82, 2.24) is 49.9 Å². The molecule has 0 spiro atoms. The molecule has 9 rings (SSSR count). The van der Waals surface area contributed by atoms with Crippen LogP contribution in [-0.2, 0) is 6.54 Å². The maximum Gasteiger partial charge on any atom is 0.229 e. The quantitative estimate of drug-likeness (QED) is 0.146. The molecule has 0 amide bonds. The molecule has 0 saturated heterocycles. The second-order valence-electron chi connectivity index (χ2n) is 12.0. The minimum atomic E-state index is 0.553. The molecule has 0 unspecified atom stereocenters. The number of hydrogen-bond acceptors (Lipinski definition) is 13. The van der Waals surface area contributed by atoms with Crippen LogP contribution in [0.1, 0.15) is 28.1 Å². The highest BCUT2D eigenvalue weighted by Gasteiger charge is 2.16. The number of rotatable bonds is 7. The van der Waals surface area contributed by atoms with Crippen LogP contribution in [0.25, 0.3) is 42.2 Å².